The van der Waals surface area contributed by atoms with E-state index in [1.165, 1.54) is 36.4 Å². The number of nitrogens with zero attached hydrogens (tertiary/aromatic N) is 2. The third-order valence-corrected chi connectivity index (χ3v) is 6.32. The predicted octanol–water partition coefficient (Wildman–Crippen LogP) is -1.78. The van der Waals surface area contributed by atoms with Gasteiger partial charge in [0.25, 0.3) is 0 Å². The van der Waals surface area contributed by atoms with Gasteiger partial charge in [0, 0.05) is 21.5 Å². The van der Waals surface area contributed by atoms with Crippen LogP contribution in [0.5, 0.6) is 0 Å². The summed E-state index contributed by atoms with van der Waals surface area (Å²) in [4.78, 5) is -0.708. The Bertz CT molecular complexity index is 1440. The Hall–Kier alpha value is -1.18. The average molecular weight is 486 g/mol. The minimum atomic E-state index is -4.67. The van der Waals surface area contributed by atoms with Crippen molar-refractivity contribution in [2.24, 2.45) is 10.2 Å². The average Bonchev–Trinajstić information content (AvgIpc) is 2.70. The molecule has 0 amide bonds. The normalized spacial score (nSPS) is 11.9. The summed E-state index contributed by atoms with van der Waals surface area (Å²) in [6, 6.07) is 17.9. The molecule has 0 N–H and O–H groups in total. The van der Waals surface area contributed by atoms with Crippen LogP contribution < -0.4 is 59.1 Å². The van der Waals surface area contributed by atoms with Gasteiger partial charge >= 0.3 is 59.1 Å². The van der Waals surface area contributed by atoms with E-state index >= 15 is 0 Å². The predicted molar refractivity (Wildman–Crippen MR) is 108 cm³/mol. The smallest absolute Gasteiger partial charge is 0.744 e. The molecule has 32 heavy (non-hydrogen) atoms. The van der Waals surface area contributed by atoms with Crippen molar-refractivity contribution in [3.63, 3.8) is 0 Å². The van der Waals surface area contributed by atoms with E-state index in [-0.39, 0.29) is 79.7 Å². The van der Waals surface area contributed by atoms with Gasteiger partial charge in [0.1, 0.15) is 20.2 Å². The SMILES string of the molecule is O=S(=O)([O-])c1ccc(N=Nc2ccc(S(=O)(=O)[O-])c3ccccc23)c2ccccc12.[Na+].[Na+]. The molecule has 0 aliphatic heterocycles. The zero-order valence-corrected chi connectivity index (χ0v) is 22.7. The van der Waals surface area contributed by atoms with Gasteiger partial charge in [0.15, 0.2) is 0 Å². The van der Waals surface area contributed by atoms with Crippen molar-refractivity contribution in [3.8, 4) is 0 Å². The number of fused-ring (bicyclic) bond motifs is 2. The number of rotatable bonds is 4. The van der Waals surface area contributed by atoms with Gasteiger partial charge in [0.2, 0.25) is 0 Å². The van der Waals surface area contributed by atoms with Crippen LogP contribution in [0.4, 0.5) is 11.4 Å². The molecular formula is C20H12N2Na2O6S2. The molecule has 0 unspecified atom stereocenters. The van der Waals surface area contributed by atoms with Crippen LogP contribution in [0.15, 0.2) is 92.8 Å². The summed E-state index contributed by atoms with van der Waals surface area (Å²) in [5.74, 6) is 0. The summed E-state index contributed by atoms with van der Waals surface area (Å²) < 4.78 is 69.1. The molecule has 152 valence electrons. The molecule has 4 aromatic carbocycles. The number of benzene rings is 4. The summed E-state index contributed by atoms with van der Waals surface area (Å²) in [6.07, 6.45) is 0. The van der Waals surface area contributed by atoms with Gasteiger partial charge in [0.05, 0.1) is 21.2 Å². The maximum absolute atomic E-state index is 11.5. The van der Waals surface area contributed by atoms with Crippen molar-refractivity contribution < 1.29 is 85.1 Å². The molecular weight excluding hydrogens is 474 g/mol. The zero-order valence-electron chi connectivity index (χ0n) is 17.1. The molecule has 0 atom stereocenters. The molecule has 0 saturated heterocycles. The Morgan fingerprint density at radius 3 is 1.12 bits per heavy atom. The van der Waals surface area contributed by atoms with E-state index in [0.29, 0.717) is 22.1 Å². The van der Waals surface area contributed by atoms with E-state index in [4.69, 9.17) is 0 Å². The van der Waals surface area contributed by atoms with Crippen LogP contribution in [0.25, 0.3) is 21.5 Å². The molecule has 0 spiro atoms. The van der Waals surface area contributed by atoms with Crippen molar-refractivity contribution in [1.29, 1.82) is 0 Å². The second-order valence-corrected chi connectivity index (χ2v) is 9.06. The number of azo groups is 1. The summed E-state index contributed by atoms with van der Waals surface area (Å²) in [5, 5.41) is 9.62. The summed E-state index contributed by atoms with van der Waals surface area (Å²) in [7, 11) is -9.34. The van der Waals surface area contributed by atoms with Crippen molar-refractivity contribution in [2.75, 3.05) is 0 Å². The molecule has 0 fully saturated rings. The van der Waals surface area contributed by atoms with E-state index in [1.54, 1.807) is 36.4 Å². The summed E-state index contributed by atoms with van der Waals surface area (Å²) in [6.45, 7) is 0. The fraction of sp³-hybridized carbons (Fsp3) is 0. The van der Waals surface area contributed by atoms with E-state index in [2.05, 4.69) is 10.2 Å². The third-order valence-electron chi connectivity index (χ3n) is 4.53. The van der Waals surface area contributed by atoms with E-state index < -0.39 is 20.2 Å². The fourth-order valence-corrected chi connectivity index (χ4v) is 4.59. The summed E-state index contributed by atoms with van der Waals surface area (Å²) >= 11 is 0. The van der Waals surface area contributed by atoms with Crippen molar-refractivity contribution >= 4 is 53.2 Å². The first kappa shape index (κ1) is 27.1. The van der Waals surface area contributed by atoms with Gasteiger partial charge in [-0.1, -0.05) is 48.5 Å². The Morgan fingerprint density at radius 1 is 0.500 bits per heavy atom. The van der Waals surface area contributed by atoms with Gasteiger partial charge in [-0.15, -0.1) is 10.2 Å². The molecule has 0 radical (unpaired) electrons. The van der Waals surface area contributed by atoms with Gasteiger partial charge in [-0.25, -0.2) is 16.8 Å². The van der Waals surface area contributed by atoms with E-state index in [1.807, 2.05) is 0 Å². The van der Waals surface area contributed by atoms with Crippen LogP contribution >= 0.6 is 0 Å². The molecule has 0 heterocycles. The van der Waals surface area contributed by atoms with Crippen LogP contribution in [-0.2, 0) is 20.2 Å². The van der Waals surface area contributed by atoms with Crippen molar-refractivity contribution in [3.05, 3.63) is 72.8 Å². The largest absolute Gasteiger partial charge is 1.00 e. The molecule has 12 heteroatoms. The van der Waals surface area contributed by atoms with Gasteiger partial charge < -0.3 is 9.11 Å². The van der Waals surface area contributed by atoms with Gasteiger partial charge in [-0.2, -0.15) is 0 Å². The molecule has 0 aromatic heterocycles. The molecule has 0 saturated carbocycles. The molecule has 0 bridgehead atoms. The molecule has 4 aromatic rings. The fourth-order valence-electron chi connectivity index (χ4n) is 3.23. The number of hydrogen-bond acceptors (Lipinski definition) is 8. The Kier molecular flexibility index (Phi) is 8.79. The molecule has 0 aliphatic carbocycles. The monoisotopic (exact) mass is 486 g/mol. The van der Waals surface area contributed by atoms with Crippen molar-refractivity contribution in [2.45, 2.75) is 9.79 Å². The van der Waals surface area contributed by atoms with Gasteiger partial charge in [-0.3, -0.25) is 0 Å². The van der Waals surface area contributed by atoms with Crippen LogP contribution in [0.3, 0.4) is 0 Å². The van der Waals surface area contributed by atoms with Crippen molar-refractivity contribution in [1.82, 2.24) is 0 Å². The Balaban J connectivity index is 0.00000181. The second-order valence-electron chi connectivity index (χ2n) is 6.37. The van der Waals surface area contributed by atoms with Crippen LogP contribution in [0, 0.1) is 0 Å². The van der Waals surface area contributed by atoms with E-state index in [0.717, 1.165) is 0 Å². The van der Waals surface area contributed by atoms with Crippen LogP contribution in [-0.4, -0.2) is 25.9 Å². The minimum absolute atomic E-state index is 0. The quantitative estimate of drug-likeness (QED) is 0.190. The number of hydrogen-bond donors (Lipinski definition) is 0. The molecule has 8 nitrogen and oxygen atoms in total. The Labute approximate surface area is 228 Å². The molecule has 0 aliphatic rings. The summed E-state index contributed by atoms with van der Waals surface area (Å²) in [5.41, 5.74) is 0.644. The maximum atomic E-state index is 11.5. The maximum Gasteiger partial charge on any atom is 1.00 e. The first-order valence-corrected chi connectivity index (χ1v) is 11.3. The topological polar surface area (TPSA) is 139 Å². The minimum Gasteiger partial charge on any atom is -0.744 e. The first-order valence-electron chi connectivity index (χ1n) is 8.53. The molecule has 4 rings (SSSR count). The Morgan fingerprint density at radius 2 is 0.812 bits per heavy atom. The first-order chi connectivity index (χ1) is 14.2. The standard InChI is InChI=1S/C20H14N2O6S2.2Na/c23-29(24,25)19-11-9-17(13-5-1-3-7-15(13)19)21-22-18-10-12-20(30(26,27)28)16-8-4-2-6-14(16)18;;/h1-12H,(H,23,24,25)(H,26,27,28);;/q;2*+1/p-2. The zero-order chi connectivity index (χ0) is 21.5. The second kappa shape index (κ2) is 10.4. The third kappa shape index (κ3) is 5.48. The van der Waals surface area contributed by atoms with Gasteiger partial charge in [-0.05, 0) is 24.3 Å². The van der Waals surface area contributed by atoms with Crippen LogP contribution in [0.1, 0.15) is 0 Å². The van der Waals surface area contributed by atoms with Crippen LogP contribution in [0.2, 0.25) is 0 Å². The van der Waals surface area contributed by atoms with E-state index in [9.17, 15) is 25.9 Å².